The highest BCUT2D eigenvalue weighted by atomic mass is 32.3. The van der Waals surface area contributed by atoms with E-state index in [0.29, 0.717) is 15.5 Å². The average molecular weight is 510 g/mol. The first-order valence-electron chi connectivity index (χ1n) is 10.5. The van der Waals surface area contributed by atoms with Gasteiger partial charge in [-0.2, -0.15) is 10.9 Å². The molecule has 2 heterocycles. The summed E-state index contributed by atoms with van der Waals surface area (Å²) in [6.45, 7) is -0.109. The number of sulfonamides is 1. The molecular weight excluding hydrogens is 486 g/mol. The lowest BCUT2D eigenvalue weighted by Gasteiger charge is -2.18. The van der Waals surface area contributed by atoms with Crippen LogP contribution in [-0.2, 0) is 27.8 Å². The zero-order valence-corrected chi connectivity index (χ0v) is 20.2. The number of carbonyl (C=O) groups is 1. The summed E-state index contributed by atoms with van der Waals surface area (Å²) in [5.41, 5.74) is 3.47. The van der Waals surface area contributed by atoms with Gasteiger partial charge in [-0.25, -0.2) is 23.3 Å². The number of hydrogen-bond acceptors (Lipinski definition) is 6. The Kier molecular flexibility index (Phi) is 7.48. The van der Waals surface area contributed by atoms with E-state index in [1.807, 2.05) is 35.7 Å². The maximum Gasteiger partial charge on any atom is 0.268 e. The number of benzene rings is 2. The van der Waals surface area contributed by atoms with Crippen molar-refractivity contribution in [1.29, 1.82) is 0 Å². The van der Waals surface area contributed by atoms with Crippen LogP contribution in [0.15, 0.2) is 87.5 Å². The number of terminal acetylenes is 1. The summed E-state index contributed by atoms with van der Waals surface area (Å²) in [4.78, 5) is 13.2. The molecule has 2 atom stereocenters. The molecule has 0 saturated carbocycles. The summed E-state index contributed by atoms with van der Waals surface area (Å²) in [7, 11) is -4.90. The van der Waals surface area contributed by atoms with Crippen LogP contribution in [0.25, 0.3) is 0 Å². The summed E-state index contributed by atoms with van der Waals surface area (Å²) in [6, 6.07) is 15.6. The first kappa shape index (κ1) is 24.4. The van der Waals surface area contributed by atoms with Crippen molar-refractivity contribution in [3.8, 4) is 12.3 Å². The molecule has 0 fully saturated rings. The molecule has 1 amide bonds. The Morgan fingerprint density at radius 3 is 2.60 bits per heavy atom. The van der Waals surface area contributed by atoms with Crippen molar-refractivity contribution in [2.45, 2.75) is 23.9 Å². The second-order valence-electron chi connectivity index (χ2n) is 7.60. The van der Waals surface area contributed by atoms with Crippen LogP contribution in [0, 0.1) is 12.3 Å². The highest BCUT2D eigenvalue weighted by Gasteiger charge is 2.27. The van der Waals surface area contributed by atoms with Crippen molar-refractivity contribution in [2.24, 2.45) is 0 Å². The van der Waals surface area contributed by atoms with Gasteiger partial charge in [-0.1, -0.05) is 47.5 Å². The molecule has 1 aliphatic rings. The predicted octanol–water partition coefficient (Wildman–Crippen LogP) is 2.40. The lowest BCUT2D eigenvalue weighted by atomic mass is 10.0. The molecule has 1 aliphatic heterocycles. The van der Waals surface area contributed by atoms with Crippen LogP contribution < -0.4 is 10.2 Å². The summed E-state index contributed by atoms with van der Waals surface area (Å²) >= 11 is 0. The van der Waals surface area contributed by atoms with Gasteiger partial charge in [-0.15, -0.1) is 11.5 Å². The molecule has 0 bridgehead atoms. The zero-order chi connectivity index (χ0) is 24.8. The van der Waals surface area contributed by atoms with E-state index < -0.39 is 32.9 Å². The Hall–Kier alpha value is -3.69. The van der Waals surface area contributed by atoms with E-state index in [1.54, 1.807) is 41.9 Å². The van der Waals surface area contributed by atoms with Gasteiger partial charge in [0, 0.05) is 12.0 Å². The van der Waals surface area contributed by atoms with Crippen LogP contribution in [0.3, 0.4) is 0 Å². The van der Waals surface area contributed by atoms with Crippen LogP contribution in [0.2, 0.25) is 0 Å². The fourth-order valence-electron chi connectivity index (χ4n) is 3.52. The maximum atomic E-state index is 13.0. The molecule has 0 spiro atoms. The summed E-state index contributed by atoms with van der Waals surface area (Å²) in [6.07, 6.45) is 10.4. The van der Waals surface area contributed by atoms with Crippen molar-refractivity contribution >= 4 is 26.8 Å². The average Bonchev–Trinajstić information content (AvgIpc) is 3.57. The lowest BCUT2D eigenvalue weighted by molar-refractivity contribution is -0.133. The molecular formula is C24H23N5O4S2. The molecule has 3 N–H and O–H groups in total. The number of rotatable bonds is 9. The molecule has 2 aromatic carbocycles. The zero-order valence-electron chi connectivity index (χ0n) is 18.4. The number of hydroxylamine groups is 1. The molecule has 1 aromatic heterocycles. The first-order chi connectivity index (χ1) is 16.9. The predicted molar refractivity (Wildman–Crippen MR) is 134 cm³/mol. The van der Waals surface area contributed by atoms with Gasteiger partial charge in [-0.05, 0) is 46.2 Å². The molecule has 9 nitrogen and oxygen atoms in total. The third-order valence-corrected chi connectivity index (χ3v) is 9.77. The Morgan fingerprint density at radius 1 is 1.17 bits per heavy atom. The number of amides is 1. The van der Waals surface area contributed by atoms with Gasteiger partial charge >= 0.3 is 0 Å². The molecule has 180 valence electrons. The van der Waals surface area contributed by atoms with Gasteiger partial charge in [0.25, 0.3) is 5.91 Å². The second kappa shape index (κ2) is 10.7. The molecule has 0 radical (unpaired) electrons. The van der Waals surface area contributed by atoms with E-state index in [0.717, 1.165) is 10.5 Å². The maximum absolute atomic E-state index is 13.0. The van der Waals surface area contributed by atoms with Gasteiger partial charge in [0.15, 0.2) is 0 Å². The summed E-state index contributed by atoms with van der Waals surface area (Å²) < 4.78 is 30.2. The van der Waals surface area contributed by atoms with Crippen molar-refractivity contribution in [3.63, 3.8) is 0 Å². The highest BCUT2D eigenvalue weighted by Crippen LogP contribution is 2.50. The molecule has 0 saturated heterocycles. The van der Waals surface area contributed by atoms with E-state index in [4.69, 9.17) is 6.42 Å². The van der Waals surface area contributed by atoms with Crippen LogP contribution in [0.5, 0.6) is 0 Å². The molecule has 1 unspecified atom stereocenters. The fourth-order valence-corrected chi connectivity index (χ4v) is 7.56. The first-order valence-corrected chi connectivity index (χ1v) is 13.4. The topological polar surface area (TPSA) is 126 Å². The molecule has 4 rings (SSSR count). The Balaban J connectivity index is 1.46. The van der Waals surface area contributed by atoms with Gasteiger partial charge in [0.2, 0.25) is 10.0 Å². The molecule has 11 heteroatoms. The highest BCUT2D eigenvalue weighted by molar-refractivity contribution is 8.31. The van der Waals surface area contributed by atoms with Crippen LogP contribution in [-0.4, -0.2) is 34.5 Å². The second-order valence-corrected chi connectivity index (χ2v) is 11.7. The van der Waals surface area contributed by atoms with Gasteiger partial charge < -0.3 is 0 Å². The van der Waals surface area contributed by atoms with E-state index in [9.17, 15) is 18.4 Å². The van der Waals surface area contributed by atoms with Crippen molar-refractivity contribution in [2.75, 3.05) is 0 Å². The summed E-state index contributed by atoms with van der Waals surface area (Å²) in [5, 5.41) is 19.1. The normalized spacial score (nSPS) is 16.9. The lowest BCUT2D eigenvalue weighted by Crippen LogP contribution is -2.32. The van der Waals surface area contributed by atoms with Crippen molar-refractivity contribution < 1.29 is 18.4 Å². The number of hydrogen-bond donors (Lipinski definition) is 4. The number of thiol groups is 1. The molecule has 35 heavy (non-hydrogen) atoms. The van der Waals surface area contributed by atoms with E-state index in [-0.39, 0.29) is 13.0 Å². The van der Waals surface area contributed by atoms with Crippen molar-refractivity contribution in [3.05, 3.63) is 99.4 Å². The number of nitrogens with zero attached hydrogens (tertiary/aromatic N) is 3. The number of aromatic nitrogens is 3. The minimum absolute atomic E-state index is 0.109. The van der Waals surface area contributed by atoms with Crippen molar-refractivity contribution in [1.82, 2.24) is 25.2 Å². The third kappa shape index (κ3) is 5.70. The van der Waals surface area contributed by atoms with E-state index >= 15 is 0 Å². The quantitative estimate of drug-likeness (QED) is 0.152. The Morgan fingerprint density at radius 2 is 1.91 bits per heavy atom. The van der Waals surface area contributed by atoms with Crippen LogP contribution >= 0.6 is 10.9 Å². The molecule has 3 aromatic rings. The largest absolute Gasteiger partial charge is 0.289 e. The Labute approximate surface area is 205 Å². The van der Waals surface area contributed by atoms with Gasteiger partial charge in [-0.3, -0.25) is 10.0 Å². The number of carbonyl (C=O) groups excluding carboxylic acids is 1. The van der Waals surface area contributed by atoms with Gasteiger partial charge in [0.05, 0.1) is 18.4 Å². The monoisotopic (exact) mass is 509 g/mol. The van der Waals surface area contributed by atoms with Gasteiger partial charge in [0.1, 0.15) is 10.3 Å². The smallest absolute Gasteiger partial charge is 0.268 e. The Bertz CT molecular complexity index is 1410. The summed E-state index contributed by atoms with van der Waals surface area (Å²) in [5.74, 6) is 1.84. The van der Waals surface area contributed by atoms with E-state index in [1.165, 1.54) is 10.9 Å². The SMILES string of the molecule is C#Cc1ccc(C[C@@H](C(=O)NO)n2cc(CNS(=O)(=O)C3=CC=C[SH]3c3ccccc3)nn2)cc1. The standard InChI is InChI=1S/C24H23N5O4S2/c1-2-18-10-12-19(13-11-18)15-22(24(30)27-31)29-17-20(26-28-29)16-25-35(32,33)23-9-6-14-34(23)21-7-4-3-5-8-21/h1,3-14,17,22,25,31,34H,15-16H2,(H,27,30)/t22-/m0/s1. The van der Waals surface area contributed by atoms with E-state index in [2.05, 4.69) is 21.0 Å². The minimum Gasteiger partial charge on any atom is -0.289 e. The minimum atomic E-state index is -3.78. The number of nitrogens with one attached hydrogen (secondary N) is 2. The van der Waals surface area contributed by atoms with Crippen LogP contribution in [0.4, 0.5) is 0 Å². The third-order valence-electron chi connectivity index (χ3n) is 5.30. The van der Waals surface area contributed by atoms with Crippen LogP contribution in [0.1, 0.15) is 22.9 Å². The molecule has 0 aliphatic carbocycles. The fraction of sp³-hybridized carbons (Fsp3) is 0.125. The number of allylic oxidation sites excluding steroid dienone is 2.